The standard InChI is InChI=1S/C13H29NSi/c1-6-9-11-15(12-10-13(4)5)14(7-2)8-3/h10,12-13,15H,6-9,11H2,1-5H3. The van der Waals surface area contributed by atoms with Gasteiger partial charge in [0.25, 0.3) is 0 Å². The predicted molar refractivity (Wildman–Crippen MR) is 73.8 cm³/mol. The molecule has 0 amide bonds. The zero-order valence-corrected chi connectivity index (χ0v) is 12.4. The van der Waals surface area contributed by atoms with Crippen molar-refractivity contribution in [3.63, 3.8) is 0 Å². The van der Waals surface area contributed by atoms with Crippen LogP contribution in [0, 0.1) is 5.92 Å². The van der Waals surface area contributed by atoms with Crippen LogP contribution >= 0.6 is 0 Å². The average Bonchev–Trinajstić information content (AvgIpc) is 2.22. The van der Waals surface area contributed by atoms with Crippen LogP contribution < -0.4 is 0 Å². The number of allylic oxidation sites excluding steroid dienone is 1. The van der Waals surface area contributed by atoms with Gasteiger partial charge in [0.05, 0.1) is 0 Å². The van der Waals surface area contributed by atoms with E-state index in [2.05, 4.69) is 51.0 Å². The minimum Gasteiger partial charge on any atom is -0.323 e. The molecule has 0 aliphatic rings. The molecule has 0 saturated carbocycles. The first-order valence-electron chi connectivity index (χ1n) is 6.57. The van der Waals surface area contributed by atoms with Gasteiger partial charge in [0.15, 0.2) is 0 Å². The van der Waals surface area contributed by atoms with Crippen LogP contribution in [0.2, 0.25) is 6.04 Å². The van der Waals surface area contributed by atoms with Crippen molar-refractivity contribution in [3.05, 3.63) is 11.8 Å². The Morgan fingerprint density at radius 3 is 2.13 bits per heavy atom. The summed E-state index contributed by atoms with van der Waals surface area (Å²) in [7, 11) is -0.770. The molecular formula is C13H29NSi. The van der Waals surface area contributed by atoms with Gasteiger partial charge in [-0.25, -0.2) is 0 Å². The van der Waals surface area contributed by atoms with E-state index in [1.54, 1.807) is 0 Å². The van der Waals surface area contributed by atoms with Gasteiger partial charge in [-0.3, -0.25) is 0 Å². The van der Waals surface area contributed by atoms with Gasteiger partial charge in [0.2, 0.25) is 0 Å². The number of hydrogen-bond acceptors (Lipinski definition) is 1. The number of unbranched alkanes of at least 4 members (excludes halogenated alkanes) is 1. The molecule has 0 aromatic carbocycles. The fourth-order valence-corrected chi connectivity index (χ4v) is 5.12. The van der Waals surface area contributed by atoms with Crippen molar-refractivity contribution < 1.29 is 0 Å². The van der Waals surface area contributed by atoms with Crippen LogP contribution in [0.5, 0.6) is 0 Å². The fraction of sp³-hybridized carbons (Fsp3) is 0.846. The Labute approximate surface area is 98.2 Å². The molecular weight excluding hydrogens is 198 g/mol. The Morgan fingerprint density at radius 1 is 1.13 bits per heavy atom. The second kappa shape index (κ2) is 9.17. The molecule has 0 heterocycles. The summed E-state index contributed by atoms with van der Waals surface area (Å²) in [6.45, 7) is 13.9. The van der Waals surface area contributed by atoms with Gasteiger partial charge in [-0.2, -0.15) is 0 Å². The van der Waals surface area contributed by atoms with E-state index in [1.807, 2.05) is 0 Å². The Bertz CT molecular complexity index is 162. The summed E-state index contributed by atoms with van der Waals surface area (Å²) in [5.41, 5.74) is 2.55. The van der Waals surface area contributed by atoms with E-state index >= 15 is 0 Å². The Hall–Kier alpha value is -0.0831. The first-order chi connectivity index (χ1) is 7.15. The van der Waals surface area contributed by atoms with Gasteiger partial charge in [0, 0.05) is 0 Å². The lowest BCUT2D eigenvalue weighted by Gasteiger charge is -2.26. The highest BCUT2D eigenvalue weighted by atomic mass is 28.3. The van der Waals surface area contributed by atoms with E-state index in [4.69, 9.17) is 0 Å². The lowest BCUT2D eigenvalue weighted by molar-refractivity contribution is 0.480. The van der Waals surface area contributed by atoms with Gasteiger partial charge < -0.3 is 4.57 Å². The maximum absolute atomic E-state index is 2.69. The first-order valence-corrected chi connectivity index (χ1v) is 8.57. The van der Waals surface area contributed by atoms with Gasteiger partial charge in [-0.05, 0) is 25.1 Å². The molecule has 90 valence electrons. The molecule has 0 aromatic rings. The third-order valence-electron chi connectivity index (χ3n) is 2.85. The molecule has 0 aliphatic carbocycles. The third-order valence-corrected chi connectivity index (χ3v) is 6.19. The van der Waals surface area contributed by atoms with Crippen LogP contribution in [0.4, 0.5) is 0 Å². The average molecular weight is 227 g/mol. The molecule has 15 heavy (non-hydrogen) atoms. The van der Waals surface area contributed by atoms with E-state index in [0.717, 1.165) is 0 Å². The van der Waals surface area contributed by atoms with Crippen molar-refractivity contribution in [2.75, 3.05) is 13.1 Å². The molecule has 0 saturated heterocycles. The van der Waals surface area contributed by atoms with Crippen LogP contribution in [0.15, 0.2) is 11.8 Å². The highest BCUT2D eigenvalue weighted by molar-refractivity contribution is 6.61. The minimum atomic E-state index is -0.770. The largest absolute Gasteiger partial charge is 0.323 e. The lowest BCUT2D eigenvalue weighted by Crippen LogP contribution is -2.37. The van der Waals surface area contributed by atoms with Crippen molar-refractivity contribution in [2.45, 2.75) is 53.5 Å². The summed E-state index contributed by atoms with van der Waals surface area (Å²) in [6, 6.07) is 1.45. The lowest BCUT2D eigenvalue weighted by atomic mass is 10.2. The summed E-state index contributed by atoms with van der Waals surface area (Å²) >= 11 is 0. The topological polar surface area (TPSA) is 3.24 Å². The van der Waals surface area contributed by atoms with Crippen molar-refractivity contribution >= 4 is 8.96 Å². The Kier molecular flexibility index (Phi) is 9.11. The molecule has 0 bridgehead atoms. The van der Waals surface area contributed by atoms with E-state index in [-0.39, 0.29) is 0 Å². The fourth-order valence-electron chi connectivity index (χ4n) is 1.86. The summed E-state index contributed by atoms with van der Waals surface area (Å²) in [5, 5.41) is 0. The van der Waals surface area contributed by atoms with E-state index < -0.39 is 8.96 Å². The zero-order valence-electron chi connectivity index (χ0n) is 11.3. The molecule has 0 fully saturated rings. The summed E-state index contributed by atoms with van der Waals surface area (Å²) in [6.07, 6.45) is 5.14. The van der Waals surface area contributed by atoms with E-state index in [0.29, 0.717) is 5.92 Å². The SMILES string of the molecule is CCCC[SiH](C=CC(C)C)N(CC)CC. The summed E-state index contributed by atoms with van der Waals surface area (Å²) in [5.74, 6) is 0.706. The Balaban J connectivity index is 4.27. The molecule has 0 N–H and O–H groups in total. The molecule has 0 aliphatic heterocycles. The van der Waals surface area contributed by atoms with E-state index in [9.17, 15) is 0 Å². The minimum absolute atomic E-state index is 0.706. The number of hydrogen-bond donors (Lipinski definition) is 0. The monoisotopic (exact) mass is 227 g/mol. The maximum atomic E-state index is 2.69. The maximum Gasteiger partial charge on any atom is 0.136 e. The molecule has 1 nitrogen and oxygen atoms in total. The number of nitrogens with zero attached hydrogens (tertiary/aromatic N) is 1. The zero-order chi connectivity index (χ0) is 11.7. The van der Waals surface area contributed by atoms with Crippen LogP contribution in [0.25, 0.3) is 0 Å². The summed E-state index contributed by atoms with van der Waals surface area (Å²) < 4.78 is 2.69. The van der Waals surface area contributed by atoms with Gasteiger partial charge in [-0.1, -0.05) is 59.2 Å². The normalized spacial score (nSPS) is 14.3. The van der Waals surface area contributed by atoms with Gasteiger partial charge in [0.1, 0.15) is 8.96 Å². The highest BCUT2D eigenvalue weighted by Gasteiger charge is 2.13. The molecule has 1 atom stereocenters. The molecule has 0 aromatic heterocycles. The molecule has 2 heteroatoms. The van der Waals surface area contributed by atoms with Gasteiger partial charge >= 0.3 is 0 Å². The smallest absolute Gasteiger partial charge is 0.136 e. The van der Waals surface area contributed by atoms with Crippen LogP contribution in [0.3, 0.4) is 0 Å². The van der Waals surface area contributed by atoms with Crippen molar-refractivity contribution in [2.24, 2.45) is 5.92 Å². The van der Waals surface area contributed by atoms with Crippen LogP contribution in [0.1, 0.15) is 47.5 Å². The quantitative estimate of drug-likeness (QED) is 0.573. The van der Waals surface area contributed by atoms with Crippen molar-refractivity contribution in [1.29, 1.82) is 0 Å². The second-order valence-electron chi connectivity index (χ2n) is 4.56. The first kappa shape index (κ1) is 14.9. The Morgan fingerprint density at radius 2 is 1.73 bits per heavy atom. The number of rotatable bonds is 8. The second-order valence-corrected chi connectivity index (χ2v) is 7.39. The van der Waals surface area contributed by atoms with Gasteiger partial charge in [-0.15, -0.1) is 0 Å². The third kappa shape index (κ3) is 6.91. The van der Waals surface area contributed by atoms with Crippen LogP contribution in [-0.4, -0.2) is 26.6 Å². The molecule has 1 unspecified atom stereocenters. The molecule has 0 spiro atoms. The predicted octanol–water partition coefficient (Wildman–Crippen LogP) is 3.60. The molecule has 0 rings (SSSR count). The van der Waals surface area contributed by atoms with E-state index in [1.165, 1.54) is 32.0 Å². The summed E-state index contributed by atoms with van der Waals surface area (Å²) in [4.78, 5) is 0. The van der Waals surface area contributed by atoms with Crippen molar-refractivity contribution in [3.8, 4) is 0 Å². The van der Waals surface area contributed by atoms with Crippen LogP contribution in [-0.2, 0) is 0 Å². The highest BCUT2D eigenvalue weighted by Crippen LogP contribution is 2.09. The van der Waals surface area contributed by atoms with Crippen molar-refractivity contribution in [1.82, 2.24) is 4.57 Å². The molecule has 0 radical (unpaired) electrons.